The Labute approximate surface area is 126 Å². The first kappa shape index (κ1) is 14.1. The minimum Gasteiger partial charge on any atom is -0.478 e. The highest BCUT2D eigenvalue weighted by molar-refractivity contribution is 5.30. The van der Waals surface area contributed by atoms with Gasteiger partial charge in [-0.3, -0.25) is 4.90 Å². The zero-order valence-corrected chi connectivity index (χ0v) is 12.5. The number of rotatable bonds is 5. The van der Waals surface area contributed by atoms with E-state index in [2.05, 4.69) is 46.3 Å². The highest BCUT2D eigenvalue weighted by Crippen LogP contribution is 2.36. The molecule has 0 saturated carbocycles. The predicted octanol–water partition coefficient (Wildman–Crippen LogP) is 3.82. The normalized spacial score (nSPS) is 18.8. The average Bonchev–Trinajstić information content (AvgIpc) is 2.97. The molecule has 1 unspecified atom stereocenters. The van der Waals surface area contributed by atoms with Crippen molar-refractivity contribution in [1.82, 2.24) is 9.88 Å². The molecule has 0 spiro atoms. The van der Waals surface area contributed by atoms with Gasteiger partial charge in [0.2, 0.25) is 5.88 Å². The fraction of sp³-hybridized carbons (Fsp3) is 0.389. The first-order valence-corrected chi connectivity index (χ1v) is 7.74. The summed E-state index contributed by atoms with van der Waals surface area (Å²) in [5.74, 6) is 0.796. The van der Waals surface area contributed by atoms with Crippen LogP contribution in [0, 0.1) is 0 Å². The van der Waals surface area contributed by atoms with E-state index in [0.29, 0.717) is 12.6 Å². The molecule has 1 aliphatic rings. The van der Waals surface area contributed by atoms with E-state index >= 15 is 0 Å². The van der Waals surface area contributed by atoms with Crippen molar-refractivity contribution in [1.29, 1.82) is 0 Å². The molecule has 1 fully saturated rings. The van der Waals surface area contributed by atoms with Crippen LogP contribution >= 0.6 is 0 Å². The number of ether oxygens (including phenoxy) is 1. The molecule has 3 nitrogen and oxygen atoms in total. The molecule has 21 heavy (non-hydrogen) atoms. The maximum atomic E-state index is 5.71. The Morgan fingerprint density at radius 2 is 2.05 bits per heavy atom. The third-order valence-electron chi connectivity index (χ3n) is 4.03. The number of hydrogen-bond acceptors (Lipinski definition) is 3. The lowest BCUT2D eigenvalue weighted by Crippen LogP contribution is -2.23. The van der Waals surface area contributed by atoms with E-state index in [-0.39, 0.29) is 0 Å². The summed E-state index contributed by atoms with van der Waals surface area (Å²) in [5.41, 5.74) is 2.60. The summed E-state index contributed by atoms with van der Waals surface area (Å²) in [5, 5.41) is 0. The second kappa shape index (κ2) is 6.72. The van der Waals surface area contributed by atoms with Crippen molar-refractivity contribution >= 4 is 0 Å². The van der Waals surface area contributed by atoms with Gasteiger partial charge in [-0.25, -0.2) is 4.98 Å². The highest BCUT2D eigenvalue weighted by Gasteiger charge is 2.28. The molecular formula is C18H22N2O. The van der Waals surface area contributed by atoms with Gasteiger partial charge in [-0.05, 0) is 37.9 Å². The van der Waals surface area contributed by atoms with E-state index in [9.17, 15) is 0 Å². The molecule has 3 heteroatoms. The molecule has 0 aliphatic carbocycles. The molecule has 1 atom stereocenters. The summed E-state index contributed by atoms with van der Waals surface area (Å²) in [4.78, 5) is 6.94. The summed E-state index contributed by atoms with van der Waals surface area (Å²) in [7, 11) is 0. The molecule has 0 radical (unpaired) electrons. The van der Waals surface area contributed by atoms with Gasteiger partial charge >= 0.3 is 0 Å². The van der Waals surface area contributed by atoms with Crippen LogP contribution in [0.2, 0.25) is 0 Å². The van der Waals surface area contributed by atoms with E-state index in [1.54, 1.807) is 0 Å². The molecule has 2 aromatic rings. The zero-order chi connectivity index (χ0) is 14.5. The third kappa shape index (κ3) is 3.24. The Bertz CT molecular complexity index is 570. The van der Waals surface area contributed by atoms with Crippen LogP contribution in [0.3, 0.4) is 0 Å². The zero-order valence-electron chi connectivity index (χ0n) is 12.5. The predicted molar refractivity (Wildman–Crippen MR) is 84.2 cm³/mol. The van der Waals surface area contributed by atoms with Gasteiger partial charge in [0.25, 0.3) is 0 Å². The van der Waals surface area contributed by atoms with Gasteiger partial charge in [-0.15, -0.1) is 0 Å². The summed E-state index contributed by atoms with van der Waals surface area (Å²) in [6, 6.07) is 15.3. The second-order valence-corrected chi connectivity index (χ2v) is 5.44. The fourth-order valence-electron chi connectivity index (χ4n) is 3.10. The van der Waals surface area contributed by atoms with E-state index in [1.807, 2.05) is 19.2 Å². The Balaban J connectivity index is 1.81. The molecule has 1 saturated heterocycles. The summed E-state index contributed by atoms with van der Waals surface area (Å²) >= 11 is 0. The van der Waals surface area contributed by atoms with Crippen LogP contribution in [0.1, 0.15) is 36.9 Å². The van der Waals surface area contributed by atoms with Gasteiger partial charge in [0.15, 0.2) is 0 Å². The first-order valence-electron chi connectivity index (χ1n) is 7.74. The van der Waals surface area contributed by atoms with Crippen LogP contribution in [-0.2, 0) is 6.54 Å². The van der Waals surface area contributed by atoms with Crippen molar-refractivity contribution in [3.05, 3.63) is 59.8 Å². The molecule has 0 bridgehead atoms. The molecule has 3 rings (SSSR count). The molecular weight excluding hydrogens is 260 g/mol. The maximum absolute atomic E-state index is 5.71. The molecule has 2 heterocycles. The molecule has 1 aromatic heterocycles. The number of pyridine rings is 1. The molecule has 0 amide bonds. The standard InChI is InChI=1S/C18H22N2O/c1-2-21-18-16(10-6-12-19-18)17-11-7-13-20(17)14-15-8-4-3-5-9-15/h3-6,8-10,12,17H,2,7,11,13-14H2,1H3. The average molecular weight is 282 g/mol. The second-order valence-electron chi connectivity index (χ2n) is 5.44. The Hall–Kier alpha value is -1.87. The summed E-state index contributed by atoms with van der Waals surface area (Å²) in [6.45, 7) is 4.80. The largest absolute Gasteiger partial charge is 0.478 e. The summed E-state index contributed by atoms with van der Waals surface area (Å²) in [6.07, 6.45) is 4.22. The molecule has 0 N–H and O–H groups in total. The van der Waals surface area contributed by atoms with Crippen LogP contribution in [0.4, 0.5) is 0 Å². The van der Waals surface area contributed by atoms with E-state index < -0.39 is 0 Å². The summed E-state index contributed by atoms with van der Waals surface area (Å²) < 4.78 is 5.71. The van der Waals surface area contributed by atoms with Gasteiger partial charge in [0, 0.05) is 24.3 Å². The lowest BCUT2D eigenvalue weighted by Gasteiger charge is -2.25. The van der Waals surface area contributed by atoms with Crippen LogP contribution in [-0.4, -0.2) is 23.0 Å². The van der Waals surface area contributed by atoms with Gasteiger partial charge in [-0.1, -0.05) is 36.4 Å². The van der Waals surface area contributed by atoms with Crippen molar-refractivity contribution in [2.24, 2.45) is 0 Å². The van der Waals surface area contributed by atoms with Crippen molar-refractivity contribution in [3.8, 4) is 5.88 Å². The maximum Gasteiger partial charge on any atom is 0.218 e. The molecule has 110 valence electrons. The highest BCUT2D eigenvalue weighted by atomic mass is 16.5. The first-order chi connectivity index (χ1) is 10.4. The van der Waals surface area contributed by atoms with Crippen molar-refractivity contribution in [2.45, 2.75) is 32.4 Å². The Morgan fingerprint density at radius 1 is 1.19 bits per heavy atom. The van der Waals surface area contributed by atoms with Crippen molar-refractivity contribution in [3.63, 3.8) is 0 Å². The number of benzene rings is 1. The van der Waals surface area contributed by atoms with Crippen molar-refractivity contribution in [2.75, 3.05) is 13.2 Å². The third-order valence-corrected chi connectivity index (χ3v) is 4.03. The minimum atomic E-state index is 0.417. The van der Waals surface area contributed by atoms with Crippen LogP contribution in [0.15, 0.2) is 48.7 Å². The van der Waals surface area contributed by atoms with Gasteiger partial charge in [0.1, 0.15) is 0 Å². The van der Waals surface area contributed by atoms with Crippen LogP contribution in [0.5, 0.6) is 5.88 Å². The quantitative estimate of drug-likeness (QED) is 0.833. The minimum absolute atomic E-state index is 0.417. The number of aromatic nitrogens is 1. The Morgan fingerprint density at radius 3 is 2.86 bits per heavy atom. The topological polar surface area (TPSA) is 25.4 Å². The number of nitrogens with zero attached hydrogens (tertiary/aromatic N) is 2. The van der Waals surface area contributed by atoms with E-state index in [1.165, 1.54) is 24.0 Å². The lowest BCUT2D eigenvalue weighted by atomic mass is 10.1. The number of likely N-dealkylation sites (tertiary alicyclic amines) is 1. The monoisotopic (exact) mass is 282 g/mol. The molecule has 1 aromatic carbocycles. The van der Waals surface area contributed by atoms with E-state index in [0.717, 1.165) is 19.0 Å². The van der Waals surface area contributed by atoms with Crippen LogP contribution < -0.4 is 4.74 Å². The fourth-order valence-corrected chi connectivity index (χ4v) is 3.10. The van der Waals surface area contributed by atoms with Gasteiger partial charge < -0.3 is 4.74 Å². The van der Waals surface area contributed by atoms with Gasteiger partial charge in [0.05, 0.1) is 6.61 Å². The smallest absolute Gasteiger partial charge is 0.218 e. The lowest BCUT2D eigenvalue weighted by molar-refractivity contribution is 0.237. The molecule has 1 aliphatic heterocycles. The van der Waals surface area contributed by atoms with E-state index in [4.69, 9.17) is 4.74 Å². The van der Waals surface area contributed by atoms with Crippen LogP contribution in [0.25, 0.3) is 0 Å². The van der Waals surface area contributed by atoms with Gasteiger partial charge in [-0.2, -0.15) is 0 Å². The number of hydrogen-bond donors (Lipinski definition) is 0. The van der Waals surface area contributed by atoms with Crippen molar-refractivity contribution < 1.29 is 4.74 Å². The Kier molecular flexibility index (Phi) is 4.51. The SMILES string of the molecule is CCOc1ncccc1C1CCCN1Cc1ccccc1.